The first-order valence-electron chi connectivity index (χ1n) is 6.82. The second kappa shape index (κ2) is 8.71. The summed E-state index contributed by atoms with van der Waals surface area (Å²) < 4.78 is 36.5. The summed E-state index contributed by atoms with van der Waals surface area (Å²) in [6.45, 7) is 0. The van der Waals surface area contributed by atoms with Crippen molar-refractivity contribution in [1.82, 2.24) is 0 Å². The van der Waals surface area contributed by atoms with Crippen molar-refractivity contribution in [2.24, 2.45) is 0 Å². The molecule has 4 nitrogen and oxygen atoms in total. The minimum Gasteiger partial charge on any atom is -0.481 e. The predicted octanol–water partition coefficient (Wildman–Crippen LogP) is 3.65. The Morgan fingerprint density at radius 3 is 1.79 bits per heavy atom. The third-order valence-corrected chi connectivity index (χ3v) is 2.81. The molecule has 0 spiro atoms. The van der Waals surface area contributed by atoms with Crippen molar-refractivity contribution in [3.8, 4) is 0 Å². The molecule has 0 atom stereocenters. The molecule has 0 aliphatic rings. The van der Waals surface area contributed by atoms with E-state index >= 15 is 0 Å². The molecule has 128 valence electrons. The van der Waals surface area contributed by atoms with Crippen molar-refractivity contribution in [1.29, 1.82) is 0 Å². The number of halogens is 3. The first-order valence-corrected chi connectivity index (χ1v) is 6.82. The van der Waals surface area contributed by atoms with E-state index < -0.39 is 30.1 Å². The zero-order valence-electron chi connectivity index (χ0n) is 12.5. The summed E-state index contributed by atoms with van der Waals surface area (Å²) in [5.41, 5.74) is 0.165. The van der Waals surface area contributed by atoms with Gasteiger partial charge in [0.15, 0.2) is 0 Å². The lowest BCUT2D eigenvalue weighted by Crippen LogP contribution is -2.07. The maximum absolute atomic E-state index is 12.2. The maximum atomic E-state index is 12.2. The van der Waals surface area contributed by atoms with Gasteiger partial charge in [0.2, 0.25) is 0 Å². The average molecular weight is 340 g/mol. The molecule has 2 N–H and O–H groups in total. The number of carbonyl (C=O) groups is 2. The van der Waals surface area contributed by atoms with E-state index in [2.05, 4.69) is 0 Å². The SMILES string of the molecule is O=C(O)Cc1cccc(C(F)(F)F)c1.O=C(O)Cc1ccccc1. The Morgan fingerprint density at radius 1 is 0.792 bits per heavy atom. The molecule has 0 radical (unpaired) electrons. The van der Waals surface area contributed by atoms with Crippen molar-refractivity contribution in [3.63, 3.8) is 0 Å². The van der Waals surface area contributed by atoms with Crippen molar-refractivity contribution >= 4 is 11.9 Å². The second-order valence-corrected chi connectivity index (χ2v) is 4.82. The molecule has 0 bridgehead atoms. The molecule has 0 saturated carbocycles. The molecule has 0 heterocycles. The van der Waals surface area contributed by atoms with E-state index in [-0.39, 0.29) is 12.0 Å². The quantitative estimate of drug-likeness (QED) is 0.891. The van der Waals surface area contributed by atoms with Gasteiger partial charge in [-0.3, -0.25) is 9.59 Å². The lowest BCUT2D eigenvalue weighted by molar-refractivity contribution is -0.138. The molecule has 24 heavy (non-hydrogen) atoms. The Bertz CT molecular complexity index is 682. The van der Waals surface area contributed by atoms with Gasteiger partial charge in [-0.15, -0.1) is 0 Å². The number of aliphatic carboxylic acids is 2. The van der Waals surface area contributed by atoms with Gasteiger partial charge in [0.25, 0.3) is 0 Å². The highest BCUT2D eigenvalue weighted by Crippen LogP contribution is 2.29. The van der Waals surface area contributed by atoms with Crippen LogP contribution >= 0.6 is 0 Å². The highest BCUT2D eigenvalue weighted by molar-refractivity contribution is 5.70. The molecule has 0 unspecified atom stereocenters. The highest BCUT2D eigenvalue weighted by atomic mass is 19.4. The van der Waals surface area contributed by atoms with Crippen molar-refractivity contribution in [2.45, 2.75) is 19.0 Å². The average Bonchev–Trinajstić information content (AvgIpc) is 2.47. The third-order valence-electron chi connectivity index (χ3n) is 2.81. The summed E-state index contributed by atoms with van der Waals surface area (Å²) in [6, 6.07) is 13.4. The van der Waals surface area contributed by atoms with Crippen molar-refractivity contribution in [3.05, 3.63) is 71.3 Å². The van der Waals surface area contributed by atoms with E-state index in [1.807, 2.05) is 18.2 Å². The van der Waals surface area contributed by atoms with Gasteiger partial charge in [0, 0.05) is 0 Å². The summed E-state index contributed by atoms with van der Waals surface area (Å²) in [5, 5.41) is 16.7. The Hall–Kier alpha value is -2.83. The van der Waals surface area contributed by atoms with Crippen molar-refractivity contribution < 1.29 is 33.0 Å². The summed E-state index contributed by atoms with van der Waals surface area (Å²) in [7, 11) is 0. The number of alkyl halides is 3. The maximum Gasteiger partial charge on any atom is 0.416 e. The van der Waals surface area contributed by atoms with Crippen LogP contribution in [0.3, 0.4) is 0 Å². The number of hydrogen-bond acceptors (Lipinski definition) is 2. The molecule has 0 aliphatic heterocycles. The van der Waals surface area contributed by atoms with Crippen molar-refractivity contribution in [2.75, 3.05) is 0 Å². The van der Waals surface area contributed by atoms with Crippen LogP contribution in [0.2, 0.25) is 0 Å². The Labute approximate surface area is 136 Å². The molecule has 7 heteroatoms. The summed E-state index contributed by atoms with van der Waals surface area (Å²) in [6.07, 6.45) is -4.71. The molecule has 0 saturated heterocycles. The fourth-order valence-electron chi connectivity index (χ4n) is 1.80. The van der Waals surface area contributed by atoms with Gasteiger partial charge in [-0.1, -0.05) is 48.5 Å². The van der Waals surface area contributed by atoms with Gasteiger partial charge < -0.3 is 10.2 Å². The smallest absolute Gasteiger partial charge is 0.416 e. The largest absolute Gasteiger partial charge is 0.481 e. The lowest BCUT2D eigenvalue weighted by Gasteiger charge is -2.07. The van der Waals surface area contributed by atoms with Gasteiger partial charge in [0.05, 0.1) is 18.4 Å². The fourth-order valence-corrected chi connectivity index (χ4v) is 1.80. The summed E-state index contributed by atoms with van der Waals surface area (Å²) >= 11 is 0. The van der Waals surface area contributed by atoms with Crippen LogP contribution in [0, 0.1) is 0 Å². The standard InChI is InChI=1S/C9H7F3O2.C8H8O2/c10-9(11,12)7-3-1-2-6(4-7)5-8(13)14;9-8(10)6-7-4-2-1-3-5-7/h1-4H,5H2,(H,13,14);1-5H,6H2,(H,9,10). The normalized spacial score (nSPS) is 10.5. The molecule has 0 aromatic heterocycles. The highest BCUT2D eigenvalue weighted by Gasteiger charge is 2.30. The van der Waals surface area contributed by atoms with E-state index in [4.69, 9.17) is 10.2 Å². The van der Waals surface area contributed by atoms with E-state index in [9.17, 15) is 22.8 Å². The number of carboxylic acids is 2. The molecule has 2 rings (SSSR count). The van der Waals surface area contributed by atoms with Gasteiger partial charge in [0.1, 0.15) is 0 Å². The predicted molar refractivity (Wildman–Crippen MR) is 80.6 cm³/mol. The minimum absolute atomic E-state index is 0.112. The number of hydrogen-bond donors (Lipinski definition) is 2. The zero-order valence-corrected chi connectivity index (χ0v) is 12.5. The zero-order chi connectivity index (χ0) is 18.2. The van der Waals surface area contributed by atoms with Gasteiger partial charge in [-0.2, -0.15) is 13.2 Å². The summed E-state index contributed by atoms with van der Waals surface area (Å²) in [5.74, 6) is -1.93. The van der Waals surface area contributed by atoms with Gasteiger partial charge >= 0.3 is 18.1 Å². The van der Waals surface area contributed by atoms with E-state index in [1.54, 1.807) is 12.1 Å². The Balaban J connectivity index is 0.000000254. The Morgan fingerprint density at radius 2 is 1.29 bits per heavy atom. The number of rotatable bonds is 4. The van der Waals surface area contributed by atoms with Crippen LogP contribution in [0.1, 0.15) is 16.7 Å². The number of carboxylic acid groups (broad SMARTS) is 2. The first-order chi connectivity index (χ1) is 11.2. The van der Waals surface area contributed by atoms with Crippen LogP contribution in [0.5, 0.6) is 0 Å². The van der Waals surface area contributed by atoms with E-state index in [1.165, 1.54) is 12.1 Å². The molecular formula is C17H15F3O4. The fraction of sp³-hybridized carbons (Fsp3) is 0.176. The first kappa shape index (κ1) is 19.2. The summed E-state index contributed by atoms with van der Waals surface area (Å²) in [4.78, 5) is 20.4. The monoisotopic (exact) mass is 340 g/mol. The molecule has 2 aromatic rings. The van der Waals surface area contributed by atoms with Crippen LogP contribution in [0.25, 0.3) is 0 Å². The lowest BCUT2D eigenvalue weighted by atomic mass is 10.1. The van der Waals surface area contributed by atoms with E-state index in [0.717, 1.165) is 17.7 Å². The van der Waals surface area contributed by atoms with Crippen LogP contribution in [0.4, 0.5) is 13.2 Å². The van der Waals surface area contributed by atoms with Crippen LogP contribution in [-0.2, 0) is 28.6 Å². The van der Waals surface area contributed by atoms with Gasteiger partial charge in [-0.05, 0) is 17.2 Å². The molecule has 2 aromatic carbocycles. The van der Waals surface area contributed by atoms with Crippen LogP contribution in [0.15, 0.2) is 54.6 Å². The number of benzene rings is 2. The molecule has 0 amide bonds. The van der Waals surface area contributed by atoms with Crippen LogP contribution in [-0.4, -0.2) is 22.2 Å². The van der Waals surface area contributed by atoms with Gasteiger partial charge in [-0.25, -0.2) is 0 Å². The molecule has 0 aliphatic carbocycles. The Kier molecular flexibility index (Phi) is 6.98. The third kappa shape index (κ3) is 7.44. The van der Waals surface area contributed by atoms with Crippen LogP contribution < -0.4 is 0 Å². The topological polar surface area (TPSA) is 74.6 Å². The van der Waals surface area contributed by atoms with E-state index in [0.29, 0.717) is 0 Å². The minimum atomic E-state index is -4.42. The molecular weight excluding hydrogens is 325 g/mol. The second-order valence-electron chi connectivity index (χ2n) is 4.82. The molecule has 0 fully saturated rings.